The molecule has 1 N–H and O–H groups in total. The van der Waals surface area contributed by atoms with Gasteiger partial charge in [-0.1, -0.05) is 58.0 Å². The topological polar surface area (TPSA) is 58.6 Å². The summed E-state index contributed by atoms with van der Waals surface area (Å²) in [6.07, 6.45) is 0.781. The van der Waals surface area contributed by atoms with Gasteiger partial charge in [-0.3, -0.25) is 9.69 Å². The van der Waals surface area contributed by atoms with E-state index in [-0.39, 0.29) is 28.6 Å². The number of esters is 1. The summed E-state index contributed by atoms with van der Waals surface area (Å²) in [7, 11) is 0. The molecule has 0 bridgehead atoms. The van der Waals surface area contributed by atoms with Crippen LogP contribution in [-0.2, 0) is 29.0 Å². The summed E-state index contributed by atoms with van der Waals surface area (Å²) >= 11 is 1.53. The number of thiophene rings is 1. The first-order valence-corrected chi connectivity index (χ1v) is 11.9. The van der Waals surface area contributed by atoms with Crippen molar-refractivity contribution in [2.75, 3.05) is 18.5 Å². The molecule has 31 heavy (non-hydrogen) atoms. The summed E-state index contributed by atoms with van der Waals surface area (Å²) in [6.45, 7) is 13.2. The molecule has 2 aromatic rings. The number of carbonyl (C=O) groups is 2. The number of nitrogens with one attached hydrogen (secondary N) is 1. The van der Waals surface area contributed by atoms with E-state index in [9.17, 15) is 9.59 Å². The van der Waals surface area contributed by atoms with Crippen LogP contribution >= 0.6 is 11.3 Å². The van der Waals surface area contributed by atoms with Gasteiger partial charge in [-0.15, -0.1) is 11.3 Å². The van der Waals surface area contributed by atoms with Crippen molar-refractivity contribution in [3.05, 3.63) is 51.9 Å². The molecule has 1 aromatic heterocycles. The third kappa shape index (κ3) is 3.92. The number of anilines is 1. The van der Waals surface area contributed by atoms with Crippen LogP contribution in [0.1, 0.15) is 61.0 Å². The second kappa shape index (κ2) is 8.06. The summed E-state index contributed by atoms with van der Waals surface area (Å²) in [6, 6.07) is 10.4. The Morgan fingerprint density at radius 3 is 2.45 bits per heavy atom. The number of hydrogen-bond acceptors (Lipinski definition) is 5. The molecule has 1 saturated carbocycles. The molecule has 0 unspecified atom stereocenters. The molecule has 5 nitrogen and oxygen atoms in total. The Labute approximate surface area is 188 Å². The SMILES string of the molecule is CCOC(=O)c1c(NC(=O)C2C(C)(C)C2(C)C)sc2c1CCN(Cc1ccccc1)C2. The lowest BCUT2D eigenvalue weighted by molar-refractivity contribution is -0.118. The zero-order chi connectivity index (χ0) is 22.4. The Morgan fingerprint density at radius 1 is 1.16 bits per heavy atom. The van der Waals surface area contributed by atoms with Gasteiger partial charge in [0.15, 0.2) is 0 Å². The van der Waals surface area contributed by atoms with Gasteiger partial charge in [0.05, 0.1) is 12.2 Å². The van der Waals surface area contributed by atoms with Crippen molar-refractivity contribution in [2.45, 2.75) is 54.1 Å². The normalized spacial score (nSPS) is 19.5. The Bertz CT molecular complexity index is 980. The number of benzene rings is 1. The minimum atomic E-state index is -0.332. The maximum atomic E-state index is 13.1. The van der Waals surface area contributed by atoms with Crippen molar-refractivity contribution in [1.29, 1.82) is 0 Å². The summed E-state index contributed by atoms with van der Waals surface area (Å²) in [5, 5.41) is 3.75. The highest BCUT2D eigenvalue weighted by Crippen LogP contribution is 2.68. The Balaban J connectivity index is 1.58. The zero-order valence-electron chi connectivity index (χ0n) is 19.1. The molecule has 166 valence electrons. The van der Waals surface area contributed by atoms with Crippen molar-refractivity contribution in [1.82, 2.24) is 4.90 Å². The molecule has 0 saturated heterocycles. The molecule has 1 aliphatic carbocycles. The molecule has 6 heteroatoms. The van der Waals surface area contributed by atoms with Crippen LogP contribution in [0.4, 0.5) is 5.00 Å². The Morgan fingerprint density at radius 2 is 1.84 bits per heavy atom. The van der Waals surface area contributed by atoms with E-state index in [1.165, 1.54) is 16.9 Å². The molecule has 2 aliphatic rings. The first-order valence-electron chi connectivity index (χ1n) is 11.1. The molecule has 0 spiro atoms. The molecular formula is C25H32N2O3S. The van der Waals surface area contributed by atoms with Crippen molar-refractivity contribution in [2.24, 2.45) is 16.7 Å². The standard InChI is InChI=1S/C25H32N2O3S/c1-6-30-23(29)19-17-12-13-27(14-16-10-8-7-9-11-16)15-18(17)31-22(19)26-21(28)20-24(2,3)25(20,4)5/h7-11,20H,6,12-15H2,1-5H3,(H,26,28). The van der Waals surface area contributed by atoms with E-state index in [1.807, 2.05) is 13.0 Å². The second-order valence-corrected chi connectivity index (χ2v) is 10.8. The third-order valence-corrected chi connectivity index (χ3v) is 8.52. The summed E-state index contributed by atoms with van der Waals surface area (Å²) in [5.74, 6) is -0.398. The first kappa shape index (κ1) is 22.0. The Hall–Kier alpha value is -2.18. The molecule has 1 amide bonds. The third-order valence-electron chi connectivity index (χ3n) is 7.38. The van der Waals surface area contributed by atoms with Gasteiger partial charge in [-0.25, -0.2) is 4.79 Å². The van der Waals surface area contributed by atoms with Gasteiger partial charge in [-0.05, 0) is 35.3 Å². The number of ether oxygens (including phenoxy) is 1. The summed E-state index contributed by atoms with van der Waals surface area (Å²) in [4.78, 5) is 29.4. The average Bonchev–Trinajstić information content (AvgIpc) is 2.95. The van der Waals surface area contributed by atoms with Crippen LogP contribution < -0.4 is 5.32 Å². The smallest absolute Gasteiger partial charge is 0.341 e. The van der Waals surface area contributed by atoms with Crippen LogP contribution in [0.3, 0.4) is 0 Å². The fourth-order valence-corrected chi connectivity index (χ4v) is 6.26. The van der Waals surface area contributed by atoms with E-state index in [4.69, 9.17) is 4.74 Å². The average molecular weight is 441 g/mol. The van der Waals surface area contributed by atoms with E-state index in [2.05, 4.69) is 62.2 Å². The molecular weight excluding hydrogens is 408 g/mol. The van der Waals surface area contributed by atoms with E-state index < -0.39 is 0 Å². The molecule has 1 aromatic carbocycles. The number of rotatable bonds is 6. The number of nitrogens with zero attached hydrogens (tertiary/aromatic N) is 1. The lowest BCUT2D eigenvalue weighted by Crippen LogP contribution is -2.30. The monoisotopic (exact) mass is 440 g/mol. The largest absolute Gasteiger partial charge is 0.462 e. The lowest BCUT2D eigenvalue weighted by Gasteiger charge is -2.27. The number of amides is 1. The summed E-state index contributed by atoms with van der Waals surface area (Å²) in [5.41, 5.74) is 2.78. The molecule has 1 fully saturated rings. The molecule has 2 heterocycles. The van der Waals surface area contributed by atoms with Crippen molar-refractivity contribution >= 4 is 28.2 Å². The fraction of sp³-hybridized carbons (Fsp3) is 0.520. The fourth-order valence-electron chi connectivity index (χ4n) is 4.98. The van der Waals surface area contributed by atoms with Crippen LogP contribution in [0, 0.1) is 16.7 Å². The first-order chi connectivity index (χ1) is 14.7. The van der Waals surface area contributed by atoms with Gasteiger partial charge < -0.3 is 10.1 Å². The highest BCUT2D eigenvalue weighted by Gasteiger charge is 2.68. The van der Waals surface area contributed by atoms with Gasteiger partial charge in [0.2, 0.25) is 5.91 Å². The van der Waals surface area contributed by atoms with Crippen LogP contribution in [0.5, 0.6) is 0 Å². The predicted molar refractivity (Wildman–Crippen MR) is 124 cm³/mol. The minimum absolute atomic E-state index is 0.000266. The van der Waals surface area contributed by atoms with Crippen molar-refractivity contribution in [3.8, 4) is 0 Å². The number of fused-ring (bicyclic) bond motifs is 1. The van der Waals surface area contributed by atoms with E-state index in [1.54, 1.807) is 0 Å². The van der Waals surface area contributed by atoms with Crippen LogP contribution in [0.2, 0.25) is 0 Å². The maximum absolute atomic E-state index is 13.1. The van der Waals surface area contributed by atoms with Gasteiger partial charge in [0.1, 0.15) is 5.00 Å². The highest BCUT2D eigenvalue weighted by atomic mass is 32.1. The predicted octanol–water partition coefficient (Wildman–Crippen LogP) is 5.10. The lowest BCUT2D eigenvalue weighted by atomic mass is 10.0. The molecule has 4 rings (SSSR count). The molecule has 1 aliphatic heterocycles. The quantitative estimate of drug-likeness (QED) is 0.635. The van der Waals surface area contributed by atoms with E-state index in [0.29, 0.717) is 17.2 Å². The van der Waals surface area contributed by atoms with Crippen molar-refractivity contribution in [3.63, 3.8) is 0 Å². The minimum Gasteiger partial charge on any atom is -0.462 e. The van der Waals surface area contributed by atoms with Gasteiger partial charge >= 0.3 is 5.97 Å². The maximum Gasteiger partial charge on any atom is 0.341 e. The van der Waals surface area contributed by atoms with Crippen molar-refractivity contribution < 1.29 is 14.3 Å². The van der Waals surface area contributed by atoms with Gasteiger partial charge in [0.25, 0.3) is 0 Å². The van der Waals surface area contributed by atoms with Crippen LogP contribution in [0.15, 0.2) is 30.3 Å². The number of carbonyl (C=O) groups excluding carboxylic acids is 2. The van der Waals surface area contributed by atoms with Crippen LogP contribution in [-0.4, -0.2) is 29.9 Å². The summed E-state index contributed by atoms with van der Waals surface area (Å²) < 4.78 is 5.36. The zero-order valence-corrected chi connectivity index (χ0v) is 19.9. The number of hydrogen-bond donors (Lipinski definition) is 1. The van der Waals surface area contributed by atoms with E-state index >= 15 is 0 Å². The Kier molecular flexibility index (Phi) is 5.73. The van der Waals surface area contributed by atoms with Gasteiger partial charge in [-0.2, -0.15) is 0 Å². The van der Waals surface area contributed by atoms with Crippen LogP contribution in [0.25, 0.3) is 0 Å². The second-order valence-electron chi connectivity index (χ2n) is 9.74. The highest BCUT2D eigenvalue weighted by molar-refractivity contribution is 7.17. The van der Waals surface area contributed by atoms with E-state index in [0.717, 1.165) is 36.5 Å². The molecule has 0 radical (unpaired) electrons. The molecule has 0 atom stereocenters. The van der Waals surface area contributed by atoms with Gasteiger partial charge in [0, 0.05) is 30.4 Å².